The van der Waals surface area contributed by atoms with Gasteiger partial charge in [0.15, 0.2) is 5.78 Å². The molecule has 6 heteroatoms. The Kier molecular flexibility index (Phi) is 6.92. The number of nitrogens with zero attached hydrogens (tertiary/aromatic N) is 1. The van der Waals surface area contributed by atoms with Crippen molar-refractivity contribution in [1.29, 1.82) is 0 Å². The van der Waals surface area contributed by atoms with Gasteiger partial charge in [0.1, 0.15) is 23.9 Å². The number of ether oxygens (including phenoxy) is 3. The molecule has 0 aliphatic rings. The molecule has 0 atom stereocenters. The van der Waals surface area contributed by atoms with Crippen LogP contribution < -0.4 is 14.2 Å². The molecule has 0 saturated carbocycles. The van der Waals surface area contributed by atoms with E-state index in [-0.39, 0.29) is 5.78 Å². The number of ketones is 1. The zero-order valence-electron chi connectivity index (χ0n) is 17.9. The zero-order valence-corrected chi connectivity index (χ0v) is 18.7. The third-order valence-corrected chi connectivity index (χ3v) is 6.08. The second-order valence-electron chi connectivity index (χ2n) is 7.04. The summed E-state index contributed by atoms with van der Waals surface area (Å²) in [7, 11) is 3.20. The van der Waals surface area contributed by atoms with Crippen LogP contribution in [0.1, 0.15) is 15.9 Å². The molecule has 5 nitrogen and oxygen atoms in total. The lowest BCUT2D eigenvalue weighted by molar-refractivity contribution is 0.101. The minimum absolute atomic E-state index is 0.00514. The van der Waals surface area contributed by atoms with Crippen molar-refractivity contribution in [2.45, 2.75) is 11.5 Å². The summed E-state index contributed by atoms with van der Waals surface area (Å²) in [6, 6.07) is 22.9. The molecular weight excluding hydrogens is 422 g/mol. The third-order valence-electron chi connectivity index (χ3n) is 5.01. The van der Waals surface area contributed by atoms with E-state index < -0.39 is 0 Å². The van der Waals surface area contributed by atoms with Crippen molar-refractivity contribution in [1.82, 2.24) is 4.98 Å². The average Bonchev–Trinajstić information content (AvgIpc) is 2.86. The van der Waals surface area contributed by atoms with Gasteiger partial charge in [-0.2, -0.15) is 0 Å². The fourth-order valence-corrected chi connectivity index (χ4v) is 4.22. The first-order valence-electron chi connectivity index (χ1n) is 10.1. The highest BCUT2D eigenvalue weighted by atomic mass is 32.2. The standard InChI is InChI=1S/C26H23NO4S/c1-29-19-9-7-18(8-10-19)16-31-20-11-12-22(25(15-20)30-2)24(28)17-32-26-13-14-27-23-6-4-3-5-21(23)26/h3-15H,16-17H2,1-2H3. The molecule has 1 aromatic heterocycles. The largest absolute Gasteiger partial charge is 0.497 e. The van der Waals surface area contributed by atoms with Gasteiger partial charge in [-0.05, 0) is 42.0 Å². The first-order valence-corrected chi connectivity index (χ1v) is 11.1. The van der Waals surface area contributed by atoms with E-state index in [1.807, 2.05) is 54.6 Å². The van der Waals surface area contributed by atoms with Crippen LogP contribution in [0.2, 0.25) is 0 Å². The number of aromatic nitrogens is 1. The minimum Gasteiger partial charge on any atom is -0.497 e. The number of Topliss-reactive ketones (excluding diaryl/α,β-unsaturated/α-hetero) is 1. The monoisotopic (exact) mass is 445 g/mol. The fraction of sp³-hybridized carbons (Fsp3) is 0.154. The second-order valence-corrected chi connectivity index (χ2v) is 8.05. The number of rotatable bonds is 9. The molecule has 0 fully saturated rings. The molecule has 0 amide bonds. The quantitative estimate of drug-likeness (QED) is 0.239. The Bertz CT molecular complexity index is 1220. The molecule has 0 aliphatic heterocycles. The molecule has 0 spiro atoms. The van der Waals surface area contributed by atoms with Crippen LogP contribution in [-0.2, 0) is 6.61 Å². The molecule has 1 heterocycles. The van der Waals surface area contributed by atoms with E-state index in [0.717, 1.165) is 27.1 Å². The lowest BCUT2D eigenvalue weighted by atomic mass is 10.1. The van der Waals surface area contributed by atoms with Crippen molar-refractivity contribution >= 4 is 28.4 Å². The Morgan fingerprint density at radius 2 is 1.69 bits per heavy atom. The number of para-hydroxylation sites is 1. The summed E-state index contributed by atoms with van der Waals surface area (Å²) in [5.41, 5.74) is 2.47. The number of methoxy groups -OCH3 is 2. The van der Waals surface area contributed by atoms with E-state index in [1.54, 1.807) is 38.6 Å². The Hall–Kier alpha value is -3.51. The molecule has 4 rings (SSSR count). The van der Waals surface area contributed by atoms with Gasteiger partial charge < -0.3 is 14.2 Å². The van der Waals surface area contributed by atoms with Crippen molar-refractivity contribution in [2.75, 3.05) is 20.0 Å². The Morgan fingerprint density at radius 1 is 0.906 bits per heavy atom. The average molecular weight is 446 g/mol. The van der Waals surface area contributed by atoms with Gasteiger partial charge in [0, 0.05) is 22.5 Å². The SMILES string of the molecule is COc1ccc(COc2ccc(C(=O)CSc3ccnc4ccccc34)c(OC)c2)cc1. The zero-order chi connectivity index (χ0) is 22.3. The van der Waals surface area contributed by atoms with Gasteiger partial charge in [0.2, 0.25) is 0 Å². The summed E-state index contributed by atoms with van der Waals surface area (Å²) in [4.78, 5) is 18.3. The number of carbonyl (C=O) groups excluding carboxylic acids is 1. The third kappa shape index (κ3) is 5.03. The molecular formula is C26H23NO4S. The predicted octanol–water partition coefficient (Wildman–Crippen LogP) is 5.81. The first-order chi connectivity index (χ1) is 15.7. The summed E-state index contributed by atoms with van der Waals surface area (Å²) in [5, 5.41) is 1.04. The van der Waals surface area contributed by atoms with E-state index in [9.17, 15) is 4.79 Å². The Labute approximate surface area is 191 Å². The number of fused-ring (bicyclic) bond motifs is 1. The molecule has 0 saturated heterocycles. The molecule has 4 aromatic rings. The van der Waals surface area contributed by atoms with Gasteiger partial charge >= 0.3 is 0 Å². The van der Waals surface area contributed by atoms with Crippen molar-refractivity contribution in [3.05, 3.63) is 90.1 Å². The molecule has 0 N–H and O–H groups in total. The summed E-state index contributed by atoms with van der Waals surface area (Å²) < 4.78 is 16.5. The van der Waals surface area contributed by atoms with Gasteiger partial charge in [0.25, 0.3) is 0 Å². The number of pyridine rings is 1. The van der Waals surface area contributed by atoms with Crippen LogP contribution in [0.25, 0.3) is 10.9 Å². The van der Waals surface area contributed by atoms with Crippen LogP contribution in [-0.4, -0.2) is 30.7 Å². The summed E-state index contributed by atoms with van der Waals surface area (Å²) in [6.07, 6.45) is 1.77. The highest BCUT2D eigenvalue weighted by Crippen LogP contribution is 2.30. The lowest BCUT2D eigenvalue weighted by Gasteiger charge is -2.12. The molecule has 32 heavy (non-hydrogen) atoms. The maximum absolute atomic E-state index is 12.9. The number of benzene rings is 3. The molecule has 3 aromatic carbocycles. The van der Waals surface area contributed by atoms with E-state index in [0.29, 0.717) is 29.4 Å². The van der Waals surface area contributed by atoms with Crippen LogP contribution in [0.5, 0.6) is 17.2 Å². The van der Waals surface area contributed by atoms with E-state index in [1.165, 1.54) is 11.8 Å². The second kappa shape index (κ2) is 10.2. The molecule has 0 bridgehead atoms. The Balaban J connectivity index is 1.43. The molecule has 0 unspecified atom stereocenters. The number of hydrogen-bond acceptors (Lipinski definition) is 6. The lowest BCUT2D eigenvalue weighted by Crippen LogP contribution is -2.06. The van der Waals surface area contributed by atoms with E-state index in [4.69, 9.17) is 14.2 Å². The fourth-order valence-electron chi connectivity index (χ4n) is 3.30. The van der Waals surface area contributed by atoms with Gasteiger partial charge in [-0.1, -0.05) is 30.3 Å². The Morgan fingerprint density at radius 3 is 2.47 bits per heavy atom. The van der Waals surface area contributed by atoms with Crippen LogP contribution in [0.3, 0.4) is 0 Å². The maximum atomic E-state index is 12.9. The highest BCUT2D eigenvalue weighted by Gasteiger charge is 2.15. The number of thioether (sulfide) groups is 1. The van der Waals surface area contributed by atoms with E-state index in [2.05, 4.69) is 4.98 Å². The number of hydrogen-bond donors (Lipinski definition) is 0. The molecule has 162 valence electrons. The van der Waals surface area contributed by atoms with Crippen LogP contribution in [0.15, 0.2) is 83.9 Å². The van der Waals surface area contributed by atoms with Gasteiger partial charge in [-0.3, -0.25) is 9.78 Å². The van der Waals surface area contributed by atoms with Crippen LogP contribution in [0.4, 0.5) is 0 Å². The summed E-state index contributed by atoms with van der Waals surface area (Å²) in [5.74, 6) is 2.24. The first kappa shape index (κ1) is 21.7. The summed E-state index contributed by atoms with van der Waals surface area (Å²) in [6.45, 7) is 0.408. The van der Waals surface area contributed by atoms with Crippen LogP contribution >= 0.6 is 11.8 Å². The van der Waals surface area contributed by atoms with Gasteiger partial charge in [0.05, 0.1) is 31.1 Å². The number of carbonyl (C=O) groups is 1. The molecule has 0 aliphatic carbocycles. The van der Waals surface area contributed by atoms with Crippen molar-refractivity contribution in [3.8, 4) is 17.2 Å². The topological polar surface area (TPSA) is 57.7 Å². The maximum Gasteiger partial charge on any atom is 0.176 e. The molecule has 0 radical (unpaired) electrons. The van der Waals surface area contributed by atoms with Crippen molar-refractivity contribution in [3.63, 3.8) is 0 Å². The van der Waals surface area contributed by atoms with Crippen molar-refractivity contribution in [2.24, 2.45) is 0 Å². The van der Waals surface area contributed by atoms with Gasteiger partial charge in [-0.15, -0.1) is 11.8 Å². The predicted molar refractivity (Wildman–Crippen MR) is 127 cm³/mol. The smallest absolute Gasteiger partial charge is 0.176 e. The van der Waals surface area contributed by atoms with Crippen molar-refractivity contribution < 1.29 is 19.0 Å². The minimum atomic E-state index is -0.00514. The normalized spacial score (nSPS) is 10.7. The van der Waals surface area contributed by atoms with Crippen LogP contribution in [0, 0.1) is 0 Å². The summed E-state index contributed by atoms with van der Waals surface area (Å²) >= 11 is 1.50. The van der Waals surface area contributed by atoms with E-state index >= 15 is 0 Å². The van der Waals surface area contributed by atoms with Gasteiger partial charge in [-0.25, -0.2) is 0 Å². The highest BCUT2D eigenvalue weighted by molar-refractivity contribution is 8.00.